The van der Waals surface area contributed by atoms with Crippen LogP contribution in [-0.2, 0) is 22.4 Å². The van der Waals surface area contributed by atoms with Gasteiger partial charge in [-0.2, -0.15) is 0 Å². The van der Waals surface area contributed by atoms with E-state index in [4.69, 9.17) is 4.74 Å². The van der Waals surface area contributed by atoms with Gasteiger partial charge in [0.2, 0.25) is 0 Å². The van der Waals surface area contributed by atoms with E-state index >= 15 is 0 Å². The minimum absolute atomic E-state index is 0.111. The summed E-state index contributed by atoms with van der Waals surface area (Å²) < 4.78 is 4.89. The molecular weight excluding hydrogens is 256 g/mol. The lowest BCUT2D eigenvalue weighted by Gasteiger charge is -2.06. The van der Waals surface area contributed by atoms with E-state index in [1.54, 1.807) is 11.8 Å². The highest BCUT2D eigenvalue weighted by Gasteiger charge is 2.02. The predicted molar refractivity (Wildman–Crippen MR) is 82.6 cm³/mol. The summed E-state index contributed by atoms with van der Waals surface area (Å²) in [5.74, 6) is 2.01. The summed E-state index contributed by atoms with van der Waals surface area (Å²) in [6, 6.07) is 8.82. The van der Waals surface area contributed by atoms with Gasteiger partial charge < -0.3 is 4.74 Å². The van der Waals surface area contributed by atoms with E-state index in [-0.39, 0.29) is 5.97 Å². The van der Waals surface area contributed by atoms with Crippen molar-refractivity contribution in [1.29, 1.82) is 0 Å². The maximum atomic E-state index is 11.2. The first-order valence-corrected chi connectivity index (χ1v) is 8.08. The van der Waals surface area contributed by atoms with E-state index in [1.165, 1.54) is 11.1 Å². The fraction of sp³-hybridized carbons (Fsp3) is 0.562. The molecule has 0 aliphatic rings. The highest BCUT2D eigenvalue weighted by molar-refractivity contribution is 7.99. The summed E-state index contributed by atoms with van der Waals surface area (Å²) in [4.78, 5) is 11.2. The third kappa shape index (κ3) is 7.26. The van der Waals surface area contributed by atoms with Gasteiger partial charge >= 0.3 is 5.97 Å². The summed E-state index contributed by atoms with van der Waals surface area (Å²) in [7, 11) is 0. The first kappa shape index (κ1) is 16.1. The van der Waals surface area contributed by atoms with Crippen LogP contribution in [0.15, 0.2) is 24.3 Å². The van der Waals surface area contributed by atoms with Gasteiger partial charge in [-0.05, 0) is 42.6 Å². The molecule has 0 aliphatic carbocycles. The van der Waals surface area contributed by atoms with E-state index in [2.05, 4.69) is 38.1 Å². The second kappa shape index (κ2) is 9.03. The van der Waals surface area contributed by atoms with Gasteiger partial charge in [0.15, 0.2) is 0 Å². The van der Waals surface area contributed by atoms with Crippen LogP contribution in [0, 0.1) is 5.92 Å². The van der Waals surface area contributed by atoms with Gasteiger partial charge in [-0.3, -0.25) is 4.79 Å². The van der Waals surface area contributed by atoms with E-state index in [0.29, 0.717) is 18.3 Å². The van der Waals surface area contributed by atoms with Crippen LogP contribution in [0.2, 0.25) is 0 Å². The van der Waals surface area contributed by atoms with Gasteiger partial charge in [0.25, 0.3) is 0 Å². The number of carbonyl (C=O) groups excluding carboxylic acids is 1. The zero-order valence-electron chi connectivity index (χ0n) is 12.1. The molecule has 3 heteroatoms. The van der Waals surface area contributed by atoms with Crippen LogP contribution in [0.3, 0.4) is 0 Å². The maximum Gasteiger partial charge on any atom is 0.315 e. The lowest BCUT2D eigenvalue weighted by Crippen LogP contribution is -2.07. The average molecular weight is 280 g/mol. The molecule has 0 fully saturated rings. The molecular formula is C16H24O2S. The molecule has 0 saturated carbocycles. The number of carbonyl (C=O) groups is 1. The van der Waals surface area contributed by atoms with Crippen molar-refractivity contribution in [3.05, 3.63) is 35.4 Å². The highest BCUT2D eigenvalue weighted by atomic mass is 32.2. The molecule has 1 rings (SSSR count). The monoisotopic (exact) mass is 280 g/mol. The Kier molecular flexibility index (Phi) is 7.65. The van der Waals surface area contributed by atoms with E-state index in [0.717, 1.165) is 18.6 Å². The largest absolute Gasteiger partial charge is 0.465 e. The summed E-state index contributed by atoms with van der Waals surface area (Å²) in [6.07, 6.45) is 2.14. The first-order chi connectivity index (χ1) is 9.11. The van der Waals surface area contributed by atoms with Gasteiger partial charge in [-0.15, -0.1) is 11.8 Å². The Morgan fingerprint density at radius 2 is 1.84 bits per heavy atom. The van der Waals surface area contributed by atoms with E-state index in [9.17, 15) is 4.79 Å². The zero-order chi connectivity index (χ0) is 14.1. The molecule has 0 unspecified atom stereocenters. The second-order valence-corrected chi connectivity index (χ2v) is 6.13. The van der Waals surface area contributed by atoms with Gasteiger partial charge in [0, 0.05) is 0 Å². The van der Waals surface area contributed by atoms with Crippen molar-refractivity contribution >= 4 is 17.7 Å². The SMILES string of the molecule is CCOC(=O)CSCCc1ccc(CC(C)C)cc1. The smallest absolute Gasteiger partial charge is 0.315 e. The lowest BCUT2D eigenvalue weighted by atomic mass is 10.0. The Balaban J connectivity index is 2.24. The fourth-order valence-electron chi connectivity index (χ4n) is 1.86. The number of ether oxygens (including phenoxy) is 1. The Bertz CT molecular complexity index is 371. The predicted octanol–water partition coefficient (Wildman–Crippen LogP) is 3.72. The normalized spacial score (nSPS) is 10.7. The number of rotatable bonds is 8. The Morgan fingerprint density at radius 3 is 2.42 bits per heavy atom. The van der Waals surface area contributed by atoms with Crippen LogP contribution >= 0.6 is 11.8 Å². The fourth-order valence-corrected chi connectivity index (χ4v) is 2.64. The van der Waals surface area contributed by atoms with Crippen LogP contribution in [0.4, 0.5) is 0 Å². The van der Waals surface area contributed by atoms with Crippen molar-refractivity contribution in [2.45, 2.75) is 33.6 Å². The quantitative estimate of drug-likeness (QED) is 0.536. The summed E-state index contributed by atoms with van der Waals surface area (Å²) in [6.45, 7) is 6.78. The molecule has 0 amide bonds. The van der Waals surface area contributed by atoms with E-state index in [1.807, 2.05) is 6.92 Å². The molecule has 0 spiro atoms. The topological polar surface area (TPSA) is 26.3 Å². The summed E-state index contributed by atoms with van der Waals surface area (Å²) in [5, 5.41) is 0. The number of aryl methyl sites for hydroxylation is 1. The molecule has 0 atom stereocenters. The van der Waals surface area contributed by atoms with Crippen molar-refractivity contribution in [2.75, 3.05) is 18.1 Å². The molecule has 0 heterocycles. The number of hydrogen-bond donors (Lipinski definition) is 0. The Hall–Kier alpha value is -0.960. The lowest BCUT2D eigenvalue weighted by molar-refractivity contribution is -0.139. The number of thioether (sulfide) groups is 1. The van der Waals surface area contributed by atoms with Gasteiger partial charge in [-0.25, -0.2) is 0 Å². The van der Waals surface area contributed by atoms with Crippen LogP contribution < -0.4 is 0 Å². The number of benzene rings is 1. The minimum atomic E-state index is -0.111. The Labute approximate surface area is 120 Å². The van der Waals surface area contributed by atoms with Crippen LogP contribution in [0.5, 0.6) is 0 Å². The van der Waals surface area contributed by atoms with Crippen LogP contribution in [0.1, 0.15) is 31.9 Å². The molecule has 0 saturated heterocycles. The second-order valence-electron chi connectivity index (χ2n) is 5.02. The summed E-state index contributed by atoms with van der Waals surface area (Å²) >= 11 is 1.64. The third-order valence-electron chi connectivity index (χ3n) is 2.73. The summed E-state index contributed by atoms with van der Waals surface area (Å²) in [5.41, 5.74) is 2.74. The molecule has 106 valence electrons. The molecule has 0 bridgehead atoms. The molecule has 0 aromatic heterocycles. The molecule has 1 aromatic carbocycles. The van der Waals surface area contributed by atoms with Crippen molar-refractivity contribution < 1.29 is 9.53 Å². The van der Waals surface area contributed by atoms with Gasteiger partial charge in [0.1, 0.15) is 0 Å². The van der Waals surface area contributed by atoms with Crippen molar-refractivity contribution in [1.82, 2.24) is 0 Å². The van der Waals surface area contributed by atoms with Crippen molar-refractivity contribution in [3.63, 3.8) is 0 Å². The zero-order valence-corrected chi connectivity index (χ0v) is 13.0. The number of esters is 1. The molecule has 1 aromatic rings. The molecule has 2 nitrogen and oxygen atoms in total. The van der Waals surface area contributed by atoms with Gasteiger partial charge in [-0.1, -0.05) is 38.1 Å². The molecule has 19 heavy (non-hydrogen) atoms. The minimum Gasteiger partial charge on any atom is -0.465 e. The molecule has 0 radical (unpaired) electrons. The third-order valence-corrected chi connectivity index (χ3v) is 3.66. The molecule has 0 N–H and O–H groups in total. The van der Waals surface area contributed by atoms with Crippen molar-refractivity contribution in [3.8, 4) is 0 Å². The standard InChI is InChI=1S/C16H24O2S/c1-4-18-16(17)12-19-10-9-14-5-7-15(8-6-14)11-13(2)3/h5-8,13H,4,9-12H2,1-3H3. The van der Waals surface area contributed by atoms with Crippen molar-refractivity contribution in [2.24, 2.45) is 5.92 Å². The van der Waals surface area contributed by atoms with E-state index < -0.39 is 0 Å². The average Bonchev–Trinajstić information content (AvgIpc) is 2.36. The van der Waals surface area contributed by atoms with Gasteiger partial charge in [0.05, 0.1) is 12.4 Å². The van der Waals surface area contributed by atoms with Crippen LogP contribution in [-0.4, -0.2) is 24.1 Å². The number of hydrogen-bond acceptors (Lipinski definition) is 3. The Morgan fingerprint density at radius 1 is 1.21 bits per heavy atom. The van der Waals surface area contributed by atoms with Crippen LogP contribution in [0.25, 0.3) is 0 Å². The molecule has 0 aliphatic heterocycles. The first-order valence-electron chi connectivity index (χ1n) is 6.93. The maximum absolute atomic E-state index is 11.2. The highest BCUT2D eigenvalue weighted by Crippen LogP contribution is 2.12.